The van der Waals surface area contributed by atoms with E-state index in [-0.39, 0.29) is 32.1 Å². The molecule has 2 unspecified atom stereocenters. The third kappa shape index (κ3) is 28.0. The minimum Gasteiger partial charge on any atom is -0.463 e. The van der Waals surface area contributed by atoms with Crippen LogP contribution in [0.2, 0.25) is 0 Å². The predicted octanol–water partition coefficient (Wildman–Crippen LogP) is 6.92. The molecule has 0 bridgehead atoms. The van der Waals surface area contributed by atoms with E-state index >= 15 is 0 Å². The van der Waals surface area contributed by atoms with Crippen LogP contribution in [-0.2, 0) is 27.9 Å². The Bertz CT molecular complexity index is 728. The van der Waals surface area contributed by atoms with Gasteiger partial charge in [0.15, 0.2) is 0 Å². The van der Waals surface area contributed by atoms with Crippen molar-refractivity contribution in [2.45, 2.75) is 129 Å². The molecule has 0 aliphatic carbocycles. The summed E-state index contributed by atoms with van der Waals surface area (Å²) >= 11 is 0. The van der Waals surface area contributed by atoms with Crippen molar-refractivity contribution in [3.05, 3.63) is 24.3 Å². The summed E-state index contributed by atoms with van der Waals surface area (Å²) in [5.74, 6) is -0.582. The topological polar surface area (TPSA) is 131 Å². The summed E-state index contributed by atoms with van der Waals surface area (Å²) in [6.07, 6.45) is 25.6. The maximum absolute atomic E-state index is 11.9. The Morgan fingerprint density at radius 1 is 0.775 bits per heavy atom. The summed E-state index contributed by atoms with van der Waals surface area (Å²) in [4.78, 5) is 32.8. The van der Waals surface area contributed by atoms with Crippen LogP contribution in [0.1, 0.15) is 123 Å². The van der Waals surface area contributed by atoms with Crippen LogP contribution in [0, 0.1) is 0 Å². The zero-order valence-corrected chi connectivity index (χ0v) is 25.9. The van der Waals surface area contributed by atoms with Crippen molar-refractivity contribution in [2.75, 3.05) is 26.4 Å². The lowest BCUT2D eigenvalue weighted by atomic mass is 10.1. The van der Waals surface area contributed by atoms with Crippen molar-refractivity contribution in [3.63, 3.8) is 0 Å². The highest BCUT2D eigenvalue weighted by Gasteiger charge is 2.23. The first kappa shape index (κ1) is 38.5. The zero-order valence-electron chi connectivity index (χ0n) is 25.0. The molecule has 0 saturated carbocycles. The van der Waals surface area contributed by atoms with Gasteiger partial charge >= 0.3 is 13.8 Å². The number of aliphatic hydroxyl groups is 1. The van der Waals surface area contributed by atoms with Gasteiger partial charge in [0, 0.05) is 19.4 Å². The molecule has 0 aliphatic rings. The van der Waals surface area contributed by atoms with E-state index in [1.54, 1.807) is 0 Å². The maximum atomic E-state index is 11.9. The molecule has 2 atom stereocenters. The lowest BCUT2D eigenvalue weighted by Gasteiger charge is -2.15. The summed E-state index contributed by atoms with van der Waals surface area (Å²) in [6.45, 7) is 3.09. The van der Waals surface area contributed by atoms with E-state index in [0.717, 1.165) is 32.1 Å². The van der Waals surface area contributed by atoms with Gasteiger partial charge in [0.1, 0.15) is 12.7 Å². The molecule has 10 heteroatoms. The molecule has 0 heterocycles. The number of esters is 1. The number of ether oxygens (including phenoxy) is 1. The number of carbonyl (C=O) groups excluding carboxylic acids is 2. The number of nitrogens with one attached hydrogen (secondary N) is 1. The maximum Gasteiger partial charge on any atom is 0.472 e. The molecule has 1 amide bonds. The largest absolute Gasteiger partial charge is 0.472 e. The number of amides is 1. The standard InChI is InChI=1S/C30H56NO8P/c1-3-5-6-7-8-9-10-11-12-13-14-15-16-17-18-19-20-21-23-29(33)31-24-25-38-40(35,36)39-27-28(32)26-37-30(34)22-4-2/h9-10,12-13,28,32H,3-8,11,14-27H2,1-2H3,(H,31,33)(H,35,36)/b10-9-,13-12-. The lowest BCUT2D eigenvalue weighted by Crippen LogP contribution is -2.27. The average Bonchev–Trinajstić information content (AvgIpc) is 2.92. The molecule has 0 radical (unpaired) electrons. The van der Waals surface area contributed by atoms with Crippen LogP contribution in [-0.4, -0.2) is 54.3 Å². The third-order valence-electron chi connectivity index (χ3n) is 6.10. The Labute approximate surface area is 242 Å². The van der Waals surface area contributed by atoms with Gasteiger partial charge in [-0.15, -0.1) is 0 Å². The Morgan fingerprint density at radius 3 is 2.00 bits per heavy atom. The van der Waals surface area contributed by atoms with Crippen molar-refractivity contribution >= 4 is 19.7 Å². The van der Waals surface area contributed by atoms with Gasteiger partial charge in [-0.25, -0.2) is 4.57 Å². The summed E-state index contributed by atoms with van der Waals surface area (Å²) in [7, 11) is -4.38. The highest BCUT2D eigenvalue weighted by atomic mass is 31.2. The van der Waals surface area contributed by atoms with Crippen LogP contribution in [0.4, 0.5) is 0 Å². The number of rotatable bonds is 28. The number of unbranched alkanes of at least 4 members (excludes halogenated alkanes) is 11. The first-order valence-electron chi connectivity index (χ1n) is 15.3. The molecular weight excluding hydrogens is 533 g/mol. The van der Waals surface area contributed by atoms with E-state index in [0.29, 0.717) is 12.8 Å². The van der Waals surface area contributed by atoms with Crippen LogP contribution < -0.4 is 5.32 Å². The SMILES string of the molecule is CCCCCC/C=C\C/C=C\CCCCCCCCCC(=O)NCCOP(=O)(O)OCC(O)COC(=O)CCC. The predicted molar refractivity (Wildman–Crippen MR) is 160 cm³/mol. The summed E-state index contributed by atoms with van der Waals surface area (Å²) in [5.41, 5.74) is 0. The van der Waals surface area contributed by atoms with Gasteiger partial charge in [-0.2, -0.15) is 0 Å². The first-order chi connectivity index (χ1) is 19.3. The number of aliphatic hydroxyl groups excluding tert-OH is 1. The monoisotopic (exact) mass is 589 g/mol. The fourth-order valence-corrected chi connectivity index (χ4v) is 4.56. The molecule has 40 heavy (non-hydrogen) atoms. The smallest absolute Gasteiger partial charge is 0.463 e. The van der Waals surface area contributed by atoms with Gasteiger partial charge in [0.25, 0.3) is 0 Å². The first-order valence-corrected chi connectivity index (χ1v) is 16.8. The number of phosphoric acid groups is 1. The Balaban J connectivity index is 3.56. The quantitative estimate of drug-likeness (QED) is 0.0388. The average molecular weight is 590 g/mol. The van der Waals surface area contributed by atoms with Crippen LogP contribution in [0.25, 0.3) is 0 Å². The second kappa shape index (κ2) is 27.6. The normalized spacial score (nSPS) is 14.0. The summed E-state index contributed by atoms with van der Waals surface area (Å²) < 4.78 is 26.1. The van der Waals surface area contributed by atoms with Gasteiger partial charge < -0.3 is 20.1 Å². The summed E-state index contributed by atoms with van der Waals surface area (Å²) in [5, 5.41) is 12.3. The van der Waals surface area contributed by atoms with Crippen LogP contribution in [0.15, 0.2) is 24.3 Å². The fourth-order valence-electron chi connectivity index (χ4n) is 3.80. The number of hydrogen-bond donors (Lipinski definition) is 3. The van der Waals surface area contributed by atoms with Gasteiger partial charge in [-0.05, 0) is 44.9 Å². The van der Waals surface area contributed by atoms with Gasteiger partial charge in [0.2, 0.25) is 5.91 Å². The van der Waals surface area contributed by atoms with Gasteiger partial charge in [0.05, 0.1) is 13.2 Å². The highest BCUT2D eigenvalue weighted by Crippen LogP contribution is 2.42. The molecule has 0 spiro atoms. The number of hydrogen-bond acceptors (Lipinski definition) is 7. The van der Waals surface area contributed by atoms with E-state index < -0.39 is 26.5 Å². The van der Waals surface area contributed by atoms with Crippen LogP contribution >= 0.6 is 7.82 Å². The molecule has 234 valence electrons. The van der Waals surface area contributed by atoms with Crippen molar-refractivity contribution < 1.29 is 37.9 Å². The molecule has 0 aliphatic heterocycles. The fraction of sp³-hybridized carbons (Fsp3) is 0.800. The van der Waals surface area contributed by atoms with Gasteiger partial charge in [-0.3, -0.25) is 18.6 Å². The van der Waals surface area contributed by atoms with Crippen LogP contribution in [0.5, 0.6) is 0 Å². The van der Waals surface area contributed by atoms with E-state index in [2.05, 4.69) is 41.1 Å². The second-order valence-corrected chi connectivity index (χ2v) is 11.5. The lowest BCUT2D eigenvalue weighted by molar-refractivity contribution is -0.147. The molecule has 0 aromatic rings. The molecule has 0 saturated heterocycles. The van der Waals surface area contributed by atoms with Gasteiger partial charge in [-0.1, -0.05) is 89.5 Å². The second-order valence-electron chi connectivity index (χ2n) is 10.1. The molecule has 3 N–H and O–H groups in total. The Morgan fingerprint density at radius 2 is 1.38 bits per heavy atom. The van der Waals surface area contributed by atoms with E-state index in [4.69, 9.17) is 9.26 Å². The van der Waals surface area contributed by atoms with E-state index in [1.165, 1.54) is 57.8 Å². The van der Waals surface area contributed by atoms with Crippen LogP contribution in [0.3, 0.4) is 0 Å². The molecule has 0 rings (SSSR count). The molecular formula is C30H56NO8P. The van der Waals surface area contributed by atoms with Crippen molar-refractivity contribution in [1.29, 1.82) is 0 Å². The highest BCUT2D eigenvalue weighted by molar-refractivity contribution is 7.47. The minimum atomic E-state index is -4.38. The van der Waals surface area contributed by atoms with E-state index in [1.807, 2.05) is 6.92 Å². The van der Waals surface area contributed by atoms with Crippen molar-refractivity contribution in [2.24, 2.45) is 0 Å². The zero-order chi connectivity index (χ0) is 29.7. The molecule has 0 aromatic heterocycles. The Kier molecular flexibility index (Phi) is 26.6. The number of phosphoric ester groups is 1. The summed E-state index contributed by atoms with van der Waals surface area (Å²) in [6, 6.07) is 0. The van der Waals surface area contributed by atoms with Crippen molar-refractivity contribution in [1.82, 2.24) is 5.32 Å². The third-order valence-corrected chi connectivity index (χ3v) is 7.09. The molecule has 0 aromatic carbocycles. The molecule has 0 fully saturated rings. The Hall–Kier alpha value is -1.51. The number of carbonyl (C=O) groups is 2. The van der Waals surface area contributed by atoms with Crippen molar-refractivity contribution in [3.8, 4) is 0 Å². The minimum absolute atomic E-state index is 0.0771. The molecule has 9 nitrogen and oxygen atoms in total. The number of allylic oxidation sites excluding steroid dienone is 4. The van der Waals surface area contributed by atoms with E-state index in [9.17, 15) is 24.2 Å².